The second-order valence-corrected chi connectivity index (χ2v) is 4.27. The molecule has 0 amide bonds. The predicted molar refractivity (Wildman–Crippen MR) is 72.9 cm³/mol. The van der Waals surface area contributed by atoms with Crippen LogP contribution in [0, 0.1) is 0 Å². The summed E-state index contributed by atoms with van der Waals surface area (Å²) < 4.78 is 0. The van der Waals surface area contributed by atoms with E-state index in [1.54, 1.807) is 11.2 Å². The summed E-state index contributed by atoms with van der Waals surface area (Å²) in [4.78, 5) is 4.28. The zero-order valence-electron chi connectivity index (χ0n) is 10.7. The Morgan fingerprint density at radius 2 is 2.24 bits per heavy atom. The van der Waals surface area contributed by atoms with Crippen LogP contribution in [0.1, 0.15) is 27.2 Å². The van der Waals surface area contributed by atoms with Crippen LogP contribution in [-0.4, -0.2) is 17.7 Å². The van der Waals surface area contributed by atoms with E-state index < -0.39 is 0 Å². The number of rotatable bonds is 5. The second kappa shape index (κ2) is 6.15. The van der Waals surface area contributed by atoms with Crippen molar-refractivity contribution in [2.24, 2.45) is 10.8 Å². The summed E-state index contributed by atoms with van der Waals surface area (Å²) in [6.07, 6.45) is 2.49. The molecule has 92 valence electrons. The van der Waals surface area contributed by atoms with Gasteiger partial charge in [0.1, 0.15) is 0 Å². The van der Waals surface area contributed by atoms with Gasteiger partial charge in [-0.2, -0.15) is 5.10 Å². The van der Waals surface area contributed by atoms with Crippen molar-refractivity contribution in [2.75, 3.05) is 5.01 Å². The molecule has 0 spiro atoms. The quantitative estimate of drug-likeness (QED) is 0.627. The third kappa shape index (κ3) is 3.67. The van der Waals surface area contributed by atoms with Crippen LogP contribution >= 0.6 is 0 Å². The molecule has 17 heavy (non-hydrogen) atoms. The topological polar surface area (TPSA) is 54.5 Å². The molecule has 0 saturated carbocycles. The van der Waals surface area contributed by atoms with Crippen LogP contribution in [0.3, 0.4) is 0 Å². The highest BCUT2D eigenvalue weighted by Crippen LogP contribution is 2.22. The summed E-state index contributed by atoms with van der Waals surface area (Å²) >= 11 is 0. The van der Waals surface area contributed by atoms with Gasteiger partial charge in [-0.05, 0) is 32.9 Å². The van der Waals surface area contributed by atoms with Gasteiger partial charge in [0.15, 0.2) is 5.82 Å². The van der Waals surface area contributed by atoms with E-state index in [1.165, 1.54) is 5.57 Å². The smallest absolute Gasteiger partial charge is 0.153 e. The molecule has 0 radical (unpaired) electrons. The maximum absolute atomic E-state index is 5.86. The van der Waals surface area contributed by atoms with E-state index >= 15 is 0 Å². The molecule has 4 heteroatoms. The molecule has 1 heterocycles. The van der Waals surface area contributed by atoms with Gasteiger partial charge < -0.3 is 5.73 Å². The van der Waals surface area contributed by atoms with Gasteiger partial charge in [0.05, 0.1) is 0 Å². The Kier molecular flexibility index (Phi) is 4.84. The molecule has 0 aliphatic carbocycles. The molecule has 1 unspecified atom stereocenters. The summed E-state index contributed by atoms with van der Waals surface area (Å²) in [5.41, 5.74) is 8.08. The highest BCUT2D eigenvalue weighted by molar-refractivity contribution is 5.48. The number of anilines is 1. The minimum Gasteiger partial charge on any atom is -0.328 e. The van der Waals surface area contributed by atoms with E-state index in [9.17, 15) is 0 Å². The fourth-order valence-electron chi connectivity index (χ4n) is 1.58. The molecular formula is C13H20N4. The van der Waals surface area contributed by atoms with Crippen molar-refractivity contribution in [3.63, 3.8) is 0 Å². The molecule has 0 aliphatic rings. The Labute approximate surface area is 103 Å². The van der Waals surface area contributed by atoms with Gasteiger partial charge in [-0.3, -0.25) is 0 Å². The zero-order valence-corrected chi connectivity index (χ0v) is 10.7. The third-order valence-electron chi connectivity index (χ3n) is 2.36. The zero-order chi connectivity index (χ0) is 12.8. The van der Waals surface area contributed by atoms with Crippen molar-refractivity contribution in [3.05, 3.63) is 35.7 Å². The first kappa shape index (κ1) is 13.4. The normalized spacial score (nSPS) is 11.8. The molecule has 0 bridgehead atoms. The highest BCUT2D eigenvalue weighted by Gasteiger charge is 2.14. The van der Waals surface area contributed by atoms with E-state index in [0.29, 0.717) is 0 Å². The monoisotopic (exact) mass is 232 g/mol. The summed E-state index contributed by atoms with van der Waals surface area (Å²) in [5, 5.41) is 5.79. The van der Waals surface area contributed by atoms with Crippen molar-refractivity contribution >= 4 is 12.5 Å². The van der Waals surface area contributed by atoms with Gasteiger partial charge in [-0.1, -0.05) is 11.6 Å². The van der Waals surface area contributed by atoms with Crippen LogP contribution < -0.4 is 10.7 Å². The lowest BCUT2D eigenvalue weighted by molar-refractivity contribution is 0.698. The predicted octanol–water partition coefficient (Wildman–Crippen LogP) is 2.53. The van der Waals surface area contributed by atoms with Gasteiger partial charge in [-0.25, -0.2) is 9.99 Å². The Hall–Kier alpha value is -1.68. The third-order valence-corrected chi connectivity index (χ3v) is 2.36. The lowest BCUT2D eigenvalue weighted by Gasteiger charge is -2.23. The molecule has 1 atom stereocenters. The Balaban J connectivity index is 3.08. The molecule has 0 aromatic carbocycles. The fraction of sp³-hybridized carbons (Fsp3) is 0.385. The van der Waals surface area contributed by atoms with Crippen molar-refractivity contribution in [2.45, 2.75) is 33.2 Å². The molecule has 0 saturated heterocycles. The van der Waals surface area contributed by atoms with E-state index in [4.69, 9.17) is 5.73 Å². The van der Waals surface area contributed by atoms with Crippen molar-refractivity contribution in [3.8, 4) is 0 Å². The van der Waals surface area contributed by atoms with Crippen LogP contribution in [0.25, 0.3) is 0 Å². The van der Waals surface area contributed by atoms with E-state index in [0.717, 1.165) is 17.9 Å². The van der Waals surface area contributed by atoms with Crippen LogP contribution in [0.4, 0.5) is 5.82 Å². The number of hydrogen-bond acceptors (Lipinski definition) is 4. The van der Waals surface area contributed by atoms with Crippen LogP contribution in [0.5, 0.6) is 0 Å². The number of nitrogens with zero attached hydrogens (tertiary/aromatic N) is 3. The van der Waals surface area contributed by atoms with Gasteiger partial charge in [0.2, 0.25) is 0 Å². The van der Waals surface area contributed by atoms with Crippen LogP contribution in [0.15, 0.2) is 40.8 Å². The van der Waals surface area contributed by atoms with Crippen LogP contribution in [-0.2, 0) is 0 Å². The van der Waals surface area contributed by atoms with Crippen molar-refractivity contribution in [1.82, 2.24) is 4.98 Å². The number of aromatic nitrogens is 1. The standard InChI is InChI=1S/C13H20N4/c1-10(2)12(9-11(3)14)17(15-4)13-7-5-6-8-16-13/h5-8,11H,4,9,14H2,1-3H3. The lowest BCUT2D eigenvalue weighted by Crippen LogP contribution is -2.24. The van der Waals surface area contributed by atoms with Crippen molar-refractivity contribution in [1.29, 1.82) is 0 Å². The Morgan fingerprint density at radius 1 is 1.53 bits per heavy atom. The molecular weight excluding hydrogens is 212 g/mol. The lowest BCUT2D eigenvalue weighted by atomic mass is 10.1. The Morgan fingerprint density at radius 3 is 2.65 bits per heavy atom. The molecule has 1 aromatic rings. The van der Waals surface area contributed by atoms with E-state index in [-0.39, 0.29) is 6.04 Å². The molecule has 0 aliphatic heterocycles. The minimum atomic E-state index is 0.0767. The van der Waals surface area contributed by atoms with Crippen LogP contribution in [0.2, 0.25) is 0 Å². The van der Waals surface area contributed by atoms with Gasteiger partial charge >= 0.3 is 0 Å². The number of pyridine rings is 1. The first-order valence-corrected chi connectivity index (χ1v) is 5.66. The summed E-state index contributed by atoms with van der Waals surface area (Å²) in [6, 6.07) is 5.78. The van der Waals surface area contributed by atoms with Gasteiger partial charge in [0.25, 0.3) is 0 Å². The molecule has 1 rings (SSSR count). The maximum Gasteiger partial charge on any atom is 0.153 e. The largest absolute Gasteiger partial charge is 0.328 e. The van der Waals surface area contributed by atoms with Gasteiger partial charge in [0, 0.05) is 31.1 Å². The molecule has 2 N–H and O–H groups in total. The van der Waals surface area contributed by atoms with E-state index in [2.05, 4.69) is 16.8 Å². The number of hydrogen-bond donors (Lipinski definition) is 1. The molecule has 4 nitrogen and oxygen atoms in total. The molecule has 0 fully saturated rings. The average molecular weight is 232 g/mol. The summed E-state index contributed by atoms with van der Waals surface area (Å²) in [6.45, 7) is 9.66. The highest BCUT2D eigenvalue weighted by atomic mass is 15.5. The first-order chi connectivity index (χ1) is 8.06. The minimum absolute atomic E-state index is 0.0767. The number of nitrogens with two attached hydrogens (primary N) is 1. The van der Waals surface area contributed by atoms with Gasteiger partial charge in [-0.15, -0.1) is 0 Å². The number of hydrazone groups is 1. The van der Waals surface area contributed by atoms with E-state index in [1.807, 2.05) is 39.0 Å². The number of allylic oxidation sites excluding steroid dienone is 1. The SMILES string of the molecule is C=NN(C(CC(C)N)=C(C)C)c1ccccn1. The second-order valence-electron chi connectivity index (χ2n) is 4.27. The average Bonchev–Trinajstić information content (AvgIpc) is 2.29. The summed E-state index contributed by atoms with van der Waals surface area (Å²) in [5.74, 6) is 0.763. The Bertz CT molecular complexity index is 391. The molecule has 1 aromatic heterocycles. The maximum atomic E-state index is 5.86. The van der Waals surface area contributed by atoms with Crippen molar-refractivity contribution < 1.29 is 0 Å². The fourth-order valence-corrected chi connectivity index (χ4v) is 1.58. The summed E-state index contributed by atoms with van der Waals surface area (Å²) in [7, 11) is 0. The first-order valence-electron chi connectivity index (χ1n) is 5.66.